The van der Waals surface area contributed by atoms with E-state index >= 15 is 0 Å². The molecule has 0 atom stereocenters. The minimum absolute atomic E-state index is 0.215. The number of hydrogen-bond acceptors (Lipinski definition) is 4. The molecule has 7 nitrogen and oxygen atoms in total. The second kappa shape index (κ2) is 6.46. The van der Waals surface area contributed by atoms with Crippen molar-refractivity contribution in [1.29, 1.82) is 0 Å². The molecule has 0 radical (unpaired) electrons. The van der Waals surface area contributed by atoms with E-state index in [9.17, 15) is 9.59 Å². The number of carbonyl (C=O) groups is 1. The fourth-order valence-corrected chi connectivity index (χ4v) is 1.61. The van der Waals surface area contributed by atoms with E-state index in [4.69, 9.17) is 0 Å². The molecule has 2 aromatic rings. The lowest BCUT2D eigenvalue weighted by molar-refractivity contribution is -0.116. The standard InChI is InChI=1S/C13H15N5O2/c1-9-3-2-7-14-10(9)4-5-12(19)15-8-6-11-16-13(20)18-17-11/h2-5,7H,6,8H2,1H3,(H,15,19)(H2,16,17,18,20)/b5-4+. The lowest BCUT2D eigenvalue weighted by Gasteiger charge is -2.00. The van der Waals surface area contributed by atoms with Crippen molar-refractivity contribution in [3.05, 3.63) is 52.0 Å². The van der Waals surface area contributed by atoms with E-state index in [2.05, 4.69) is 25.5 Å². The molecule has 0 aliphatic carbocycles. The fraction of sp³-hybridized carbons (Fsp3) is 0.231. The summed E-state index contributed by atoms with van der Waals surface area (Å²) in [5, 5.41) is 8.71. The van der Waals surface area contributed by atoms with Crippen LogP contribution in [0.3, 0.4) is 0 Å². The van der Waals surface area contributed by atoms with Gasteiger partial charge >= 0.3 is 5.69 Å². The monoisotopic (exact) mass is 273 g/mol. The number of carbonyl (C=O) groups excluding carboxylic acids is 1. The lowest BCUT2D eigenvalue weighted by Crippen LogP contribution is -2.24. The Kier molecular flexibility index (Phi) is 4.43. The average molecular weight is 273 g/mol. The Balaban J connectivity index is 1.81. The maximum absolute atomic E-state index is 11.6. The van der Waals surface area contributed by atoms with Gasteiger partial charge in [0.05, 0.1) is 5.69 Å². The molecule has 104 valence electrons. The van der Waals surface area contributed by atoms with Crippen molar-refractivity contribution in [3.8, 4) is 0 Å². The van der Waals surface area contributed by atoms with Gasteiger partial charge in [-0.15, -0.1) is 0 Å². The Hall–Kier alpha value is -2.70. The minimum Gasteiger partial charge on any atom is -0.352 e. The van der Waals surface area contributed by atoms with Crippen molar-refractivity contribution in [1.82, 2.24) is 25.5 Å². The smallest absolute Gasteiger partial charge is 0.340 e. The highest BCUT2D eigenvalue weighted by Crippen LogP contribution is 2.04. The number of aromatic amines is 2. The highest BCUT2D eigenvalue weighted by molar-refractivity contribution is 5.91. The minimum atomic E-state index is -0.350. The zero-order valence-electron chi connectivity index (χ0n) is 11.0. The van der Waals surface area contributed by atoms with Crippen molar-refractivity contribution in [2.45, 2.75) is 13.3 Å². The summed E-state index contributed by atoms with van der Waals surface area (Å²) < 4.78 is 0. The largest absolute Gasteiger partial charge is 0.352 e. The summed E-state index contributed by atoms with van der Waals surface area (Å²) in [5.41, 5.74) is 1.42. The van der Waals surface area contributed by atoms with Gasteiger partial charge in [0.2, 0.25) is 5.91 Å². The van der Waals surface area contributed by atoms with Crippen LogP contribution in [0.2, 0.25) is 0 Å². The van der Waals surface area contributed by atoms with Crippen LogP contribution in [0.1, 0.15) is 17.1 Å². The summed E-state index contributed by atoms with van der Waals surface area (Å²) in [6, 6.07) is 3.77. The molecule has 2 heterocycles. The SMILES string of the molecule is Cc1cccnc1/C=C/C(=O)NCCc1n[nH]c(=O)[nH]1. The van der Waals surface area contributed by atoms with Crippen molar-refractivity contribution >= 4 is 12.0 Å². The number of nitrogens with one attached hydrogen (secondary N) is 3. The first-order valence-electron chi connectivity index (χ1n) is 6.16. The summed E-state index contributed by atoms with van der Waals surface area (Å²) >= 11 is 0. The van der Waals surface area contributed by atoms with E-state index in [0.717, 1.165) is 11.3 Å². The molecule has 0 aliphatic rings. The first-order valence-corrected chi connectivity index (χ1v) is 6.16. The number of hydrogen-bond donors (Lipinski definition) is 3. The molecule has 0 aliphatic heterocycles. The van der Waals surface area contributed by atoms with Gasteiger partial charge in [0.1, 0.15) is 5.82 Å². The van der Waals surface area contributed by atoms with Crippen LogP contribution < -0.4 is 11.0 Å². The molecule has 0 spiro atoms. The summed E-state index contributed by atoms with van der Waals surface area (Å²) in [6.07, 6.45) is 5.24. The number of H-pyrrole nitrogens is 2. The number of aryl methyl sites for hydroxylation is 1. The molecule has 0 saturated carbocycles. The Morgan fingerprint density at radius 3 is 3.05 bits per heavy atom. The summed E-state index contributed by atoms with van der Waals surface area (Å²) in [5.74, 6) is 0.299. The van der Waals surface area contributed by atoms with Gasteiger partial charge in [0.25, 0.3) is 0 Å². The number of nitrogens with zero attached hydrogens (tertiary/aromatic N) is 2. The van der Waals surface area contributed by atoms with Gasteiger partial charge in [-0.3, -0.25) is 14.8 Å². The molecule has 20 heavy (non-hydrogen) atoms. The van der Waals surface area contributed by atoms with Crippen LogP contribution in [-0.2, 0) is 11.2 Å². The molecule has 7 heteroatoms. The molecule has 3 N–H and O–H groups in total. The average Bonchev–Trinajstić information content (AvgIpc) is 2.83. The van der Waals surface area contributed by atoms with Gasteiger partial charge in [0.15, 0.2) is 0 Å². The van der Waals surface area contributed by atoms with Crippen LogP contribution in [0.5, 0.6) is 0 Å². The van der Waals surface area contributed by atoms with Gasteiger partial charge in [-0.05, 0) is 24.6 Å². The molecule has 2 aromatic heterocycles. The Morgan fingerprint density at radius 1 is 1.50 bits per heavy atom. The maximum atomic E-state index is 11.6. The Morgan fingerprint density at radius 2 is 2.35 bits per heavy atom. The van der Waals surface area contributed by atoms with Crippen molar-refractivity contribution in [2.24, 2.45) is 0 Å². The lowest BCUT2D eigenvalue weighted by atomic mass is 10.2. The summed E-state index contributed by atoms with van der Waals surface area (Å²) in [6.45, 7) is 2.32. The zero-order valence-corrected chi connectivity index (χ0v) is 11.0. The van der Waals surface area contributed by atoms with Crippen LogP contribution in [-0.4, -0.2) is 32.6 Å². The first kappa shape index (κ1) is 13.7. The van der Waals surface area contributed by atoms with Crippen molar-refractivity contribution in [3.63, 3.8) is 0 Å². The van der Waals surface area contributed by atoms with E-state index in [1.54, 1.807) is 12.3 Å². The molecular weight excluding hydrogens is 258 g/mol. The molecule has 0 aromatic carbocycles. The molecule has 2 rings (SSSR count). The van der Waals surface area contributed by atoms with E-state index in [1.165, 1.54) is 6.08 Å². The fourth-order valence-electron chi connectivity index (χ4n) is 1.61. The molecule has 0 saturated heterocycles. The second-order valence-electron chi connectivity index (χ2n) is 4.20. The molecule has 0 unspecified atom stereocenters. The quantitative estimate of drug-likeness (QED) is 0.676. The third-order valence-electron chi connectivity index (χ3n) is 2.65. The van der Waals surface area contributed by atoms with Gasteiger partial charge in [-0.2, -0.15) is 5.10 Å². The normalized spacial score (nSPS) is 10.8. The first-order chi connectivity index (χ1) is 9.65. The zero-order chi connectivity index (χ0) is 14.4. The topological polar surface area (TPSA) is 104 Å². The summed E-state index contributed by atoms with van der Waals surface area (Å²) in [7, 11) is 0. The van der Waals surface area contributed by atoms with E-state index in [-0.39, 0.29) is 11.6 Å². The van der Waals surface area contributed by atoms with Crippen LogP contribution in [0.25, 0.3) is 6.08 Å². The number of aromatic nitrogens is 4. The maximum Gasteiger partial charge on any atom is 0.340 e. The third-order valence-corrected chi connectivity index (χ3v) is 2.65. The summed E-state index contributed by atoms with van der Waals surface area (Å²) in [4.78, 5) is 29.1. The van der Waals surface area contributed by atoms with Gasteiger partial charge in [0, 0.05) is 25.2 Å². The van der Waals surface area contributed by atoms with Crippen molar-refractivity contribution < 1.29 is 4.79 Å². The van der Waals surface area contributed by atoms with Crippen LogP contribution >= 0.6 is 0 Å². The predicted molar refractivity (Wildman–Crippen MR) is 73.9 cm³/mol. The Labute approximate surface area is 115 Å². The number of rotatable bonds is 5. The van der Waals surface area contributed by atoms with Crippen LogP contribution in [0.15, 0.2) is 29.2 Å². The molecule has 1 amide bonds. The van der Waals surface area contributed by atoms with Crippen LogP contribution in [0, 0.1) is 6.92 Å². The predicted octanol–water partition coefficient (Wildman–Crippen LogP) is 0.174. The highest BCUT2D eigenvalue weighted by atomic mass is 16.2. The number of amides is 1. The van der Waals surface area contributed by atoms with E-state index in [0.29, 0.717) is 18.8 Å². The van der Waals surface area contributed by atoms with Crippen LogP contribution in [0.4, 0.5) is 0 Å². The van der Waals surface area contributed by atoms with E-state index < -0.39 is 0 Å². The van der Waals surface area contributed by atoms with Gasteiger partial charge in [-0.1, -0.05) is 6.07 Å². The van der Waals surface area contributed by atoms with E-state index in [1.807, 2.05) is 19.1 Å². The Bertz CT molecular complexity index is 671. The van der Waals surface area contributed by atoms with Crippen molar-refractivity contribution in [2.75, 3.05) is 6.54 Å². The molecular formula is C13H15N5O2. The number of pyridine rings is 1. The van der Waals surface area contributed by atoms with Gasteiger partial charge in [-0.25, -0.2) is 9.89 Å². The second-order valence-corrected chi connectivity index (χ2v) is 4.20. The highest BCUT2D eigenvalue weighted by Gasteiger charge is 2.00. The molecule has 0 fully saturated rings. The molecule has 0 bridgehead atoms. The van der Waals surface area contributed by atoms with Gasteiger partial charge < -0.3 is 5.32 Å². The third kappa shape index (κ3) is 3.91.